The number of rotatable bonds is 14. The second-order valence-electron chi connectivity index (χ2n) is 5.53. The van der Waals surface area contributed by atoms with E-state index in [1.165, 1.54) is 23.5 Å². The van der Waals surface area contributed by atoms with E-state index in [1.54, 1.807) is 0 Å². The molecule has 0 saturated heterocycles. The van der Waals surface area contributed by atoms with Gasteiger partial charge in [-0.25, -0.2) is 4.79 Å². The standard InChI is InChI=1S/C15H28N4O6S2/c1-26-5-3-9(13(22)19-10(15(24)25)4-6-27-2)18-14(23)11(8-20)17-12(21)7-16/h9-11,20H,3-8,16H2,1-2H3,(H,17,21)(H,18,23)(H,19,22)(H,24,25). The van der Waals surface area contributed by atoms with Gasteiger partial charge in [0, 0.05) is 0 Å². The Morgan fingerprint density at radius 1 is 0.889 bits per heavy atom. The van der Waals surface area contributed by atoms with Crippen LogP contribution < -0.4 is 21.7 Å². The zero-order valence-corrected chi connectivity index (χ0v) is 17.0. The van der Waals surface area contributed by atoms with Crippen LogP contribution in [0.25, 0.3) is 0 Å². The fourth-order valence-electron chi connectivity index (χ4n) is 1.99. The molecule has 0 fully saturated rings. The molecular formula is C15H28N4O6S2. The van der Waals surface area contributed by atoms with Crippen LogP contribution in [0.2, 0.25) is 0 Å². The molecule has 0 aliphatic rings. The first-order chi connectivity index (χ1) is 12.8. The minimum atomic E-state index is -1.25. The van der Waals surface area contributed by atoms with Gasteiger partial charge >= 0.3 is 5.97 Å². The van der Waals surface area contributed by atoms with Crippen molar-refractivity contribution in [3.63, 3.8) is 0 Å². The van der Waals surface area contributed by atoms with Crippen molar-refractivity contribution >= 4 is 47.2 Å². The minimum absolute atomic E-state index is 0.247. The molecule has 0 saturated carbocycles. The summed E-state index contributed by atoms with van der Waals surface area (Å²) < 4.78 is 0. The molecule has 3 unspecified atom stereocenters. The number of carboxylic acids is 1. The molecule has 0 aliphatic heterocycles. The zero-order chi connectivity index (χ0) is 20.8. The summed E-state index contributed by atoms with van der Waals surface area (Å²) in [6.45, 7) is -1.02. The fraction of sp³-hybridized carbons (Fsp3) is 0.733. The maximum Gasteiger partial charge on any atom is 0.326 e. The Bertz CT molecular complexity index is 509. The quantitative estimate of drug-likeness (QED) is 0.184. The van der Waals surface area contributed by atoms with Crippen LogP contribution >= 0.6 is 23.5 Å². The highest BCUT2D eigenvalue weighted by molar-refractivity contribution is 7.98. The summed E-state index contributed by atoms with van der Waals surface area (Å²) in [5, 5.41) is 25.6. The van der Waals surface area contributed by atoms with Crippen molar-refractivity contribution in [2.75, 3.05) is 37.2 Å². The molecule has 27 heavy (non-hydrogen) atoms. The van der Waals surface area contributed by atoms with E-state index < -0.39 is 48.4 Å². The van der Waals surface area contributed by atoms with E-state index >= 15 is 0 Å². The lowest BCUT2D eigenvalue weighted by atomic mass is 10.1. The van der Waals surface area contributed by atoms with Crippen LogP contribution in [0.4, 0.5) is 0 Å². The van der Waals surface area contributed by atoms with Gasteiger partial charge in [-0.2, -0.15) is 23.5 Å². The number of thioether (sulfide) groups is 2. The number of nitrogens with two attached hydrogens (primary N) is 1. The Balaban J connectivity index is 5.06. The van der Waals surface area contributed by atoms with Crippen LogP contribution in [0.5, 0.6) is 0 Å². The summed E-state index contributed by atoms with van der Waals surface area (Å²) in [6.07, 6.45) is 4.16. The molecule has 0 radical (unpaired) electrons. The Kier molecular flexibility index (Phi) is 13.7. The number of hydrogen-bond acceptors (Lipinski definition) is 8. The summed E-state index contributed by atoms with van der Waals surface area (Å²) in [6, 6.07) is -3.31. The molecular weight excluding hydrogens is 396 g/mol. The molecule has 0 aliphatic carbocycles. The first kappa shape index (κ1) is 25.5. The Morgan fingerprint density at radius 3 is 1.81 bits per heavy atom. The van der Waals surface area contributed by atoms with Crippen LogP contribution in [0.3, 0.4) is 0 Å². The van der Waals surface area contributed by atoms with Gasteiger partial charge in [-0.3, -0.25) is 14.4 Å². The second-order valence-corrected chi connectivity index (χ2v) is 7.50. The number of hydrogen-bond donors (Lipinski definition) is 6. The van der Waals surface area contributed by atoms with Gasteiger partial charge in [0.2, 0.25) is 17.7 Å². The first-order valence-electron chi connectivity index (χ1n) is 8.22. The molecule has 0 aromatic heterocycles. The summed E-state index contributed by atoms with van der Waals surface area (Å²) >= 11 is 2.91. The van der Waals surface area contributed by atoms with Gasteiger partial charge in [0.25, 0.3) is 0 Å². The predicted octanol–water partition coefficient (Wildman–Crippen LogP) is -2.02. The normalized spacial score (nSPS) is 13.9. The fourth-order valence-corrected chi connectivity index (χ4v) is 2.93. The molecule has 0 spiro atoms. The molecule has 10 nitrogen and oxygen atoms in total. The molecule has 0 aromatic rings. The lowest BCUT2D eigenvalue weighted by Crippen LogP contribution is -2.57. The molecule has 0 rings (SSSR count). The molecule has 156 valence electrons. The molecule has 7 N–H and O–H groups in total. The number of amides is 3. The molecule has 0 aromatic carbocycles. The van der Waals surface area contributed by atoms with Crippen molar-refractivity contribution in [1.82, 2.24) is 16.0 Å². The average Bonchev–Trinajstić information content (AvgIpc) is 2.65. The van der Waals surface area contributed by atoms with Crippen LogP contribution in [0, 0.1) is 0 Å². The highest BCUT2D eigenvalue weighted by Crippen LogP contribution is 2.05. The number of aliphatic carboxylic acids is 1. The van der Waals surface area contributed by atoms with Gasteiger partial charge in [0.05, 0.1) is 13.2 Å². The van der Waals surface area contributed by atoms with Gasteiger partial charge in [0.15, 0.2) is 0 Å². The average molecular weight is 425 g/mol. The van der Waals surface area contributed by atoms with Crippen molar-refractivity contribution in [3.05, 3.63) is 0 Å². The predicted molar refractivity (Wildman–Crippen MR) is 106 cm³/mol. The van der Waals surface area contributed by atoms with Crippen LogP contribution in [-0.2, 0) is 19.2 Å². The zero-order valence-electron chi connectivity index (χ0n) is 15.4. The lowest BCUT2D eigenvalue weighted by Gasteiger charge is -2.23. The number of aliphatic hydroxyl groups excluding tert-OH is 1. The number of carbonyl (C=O) groups is 4. The lowest BCUT2D eigenvalue weighted by molar-refractivity contribution is -0.142. The van der Waals surface area contributed by atoms with E-state index in [4.69, 9.17) is 5.73 Å². The molecule has 3 amide bonds. The Labute approximate surface area is 166 Å². The molecule has 0 bridgehead atoms. The molecule has 0 heterocycles. The van der Waals surface area contributed by atoms with Gasteiger partial charge < -0.3 is 31.9 Å². The van der Waals surface area contributed by atoms with Crippen molar-refractivity contribution in [2.24, 2.45) is 5.73 Å². The minimum Gasteiger partial charge on any atom is -0.480 e. The van der Waals surface area contributed by atoms with Gasteiger partial charge in [-0.15, -0.1) is 0 Å². The van der Waals surface area contributed by atoms with Crippen molar-refractivity contribution in [3.8, 4) is 0 Å². The van der Waals surface area contributed by atoms with E-state index in [-0.39, 0.29) is 19.4 Å². The van der Waals surface area contributed by atoms with E-state index in [2.05, 4.69) is 16.0 Å². The number of carboxylic acid groups (broad SMARTS) is 1. The summed E-state index contributed by atoms with van der Waals surface area (Å²) in [5.41, 5.74) is 5.16. The topological polar surface area (TPSA) is 171 Å². The van der Waals surface area contributed by atoms with Crippen LogP contribution in [-0.4, -0.2) is 89.2 Å². The monoisotopic (exact) mass is 424 g/mol. The molecule has 12 heteroatoms. The van der Waals surface area contributed by atoms with Gasteiger partial charge in [-0.05, 0) is 36.9 Å². The first-order valence-corrected chi connectivity index (χ1v) is 11.0. The van der Waals surface area contributed by atoms with E-state index in [0.717, 1.165) is 0 Å². The SMILES string of the molecule is CSCCC(NC(=O)C(CCSC)NC(=O)C(CO)NC(=O)CN)C(=O)O. The third-order valence-electron chi connectivity index (χ3n) is 3.49. The summed E-state index contributed by atoms with van der Waals surface area (Å²) in [7, 11) is 0. The van der Waals surface area contributed by atoms with Crippen LogP contribution in [0.1, 0.15) is 12.8 Å². The smallest absolute Gasteiger partial charge is 0.326 e. The third-order valence-corrected chi connectivity index (χ3v) is 4.78. The van der Waals surface area contributed by atoms with Crippen molar-refractivity contribution < 1.29 is 29.4 Å². The van der Waals surface area contributed by atoms with Crippen molar-refractivity contribution in [2.45, 2.75) is 31.0 Å². The highest BCUT2D eigenvalue weighted by Gasteiger charge is 2.28. The van der Waals surface area contributed by atoms with Gasteiger partial charge in [0.1, 0.15) is 18.1 Å². The second kappa shape index (κ2) is 14.5. The summed E-state index contributed by atoms with van der Waals surface area (Å²) in [5.74, 6) is -2.08. The maximum absolute atomic E-state index is 12.5. The number of nitrogens with one attached hydrogen (secondary N) is 3. The highest BCUT2D eigenvalue weighted by atomic mass is 32.2. The van der Waals surface area contributed by atoms with Gasteiger partial charge in [-0.1, -0.05) is 0 Å². The maximum atomic E-state index is 12.5. The van der Waals surface area contributed by atoms with E-state index in [0.29, 0.717) is 11.5 Å². The number of carbonyl (C=O) groups excluding carboxylic acids is 3. The van der Waals surface area contributed by atoms with E-state index in [9.17, 15) is 29.4 Å². The number of aliphatic hydroxyl groups is 1. The Morgan fingerprint density at radius 2 is 1.37 bits per heavy atom. The molecule has 3 atom stereocenters. The largest absolute Gasteiger partial charge is 0.480 e. The summed E-state index contributed by atoms with van der Waals surface area (Å²) in [4.78, 5) is 47.4. The van der Waals surface area contributed by atoms with E-state index in [1.807, 2.05) is 12.5 Å². The third kappa shape index (κ3) is 10.4. The van der Waals surface area contributed by atoms with Crippen molar-refractivity contribution in [1.29, 1.82) is 0 Å². The van der Waals surface area contributed by atoms with Crippen LogP contribution in [0.15, 0.2) is 0 Å². The Hall–Kier alpha value is -1.50.